The van der Waals surface area contributed by atoms with Gasteiger partial charge in [0.15, 0.2) is 0 Å². The van der Waals surface area contributed by atoms with Crippen molar-refractivity contribution in [2.45, 2.75) is 45.4 Å². The molecule has 0 spiro atoms. The molecule has 2 aromatic rings. The van der Waals surface area contributed by atoms with Crippen LogP contribution in [0, 0.1) is 5.41 Å². The fraction of sp³-hybridized carbons (Fsp3) is 0.471. The van der Waals surface area contributed by atoms with E-state index in [0.29, 0.717) is 16.8 Å². The lowest BCUT2D eigenvalue weighted by molar-refractivity contribution is 0.192. The Labute approximate surface area is 130 Å². The molecule has 1 aliphatic carbocycles. The van der Waals surface area contributed by atoms with E-state index in [0.717, 1.165) is 23.2 Å². The van der Waals surface area contributed by atoms with E-state index < -0.39 is 0 Å². The molecule has 1 aromatic heterocycles. The number of benzene rings is 1. The second-order valence-corrected chi connectivity index (χ2v) is 7.04. The number of hydrogen-bond acceptors (Lipinski definition) is 3. The molecule has 1 atom stereocenters. The number of nitrogens with two attached hydrogens (primary N) is 1. The second-order valence-electron chi connectivity index (χ2n) is 6.60. The van der Waals surface area contributed by atoms with E-state index in [-0.39, 0.29) is 5.41 Å². The lowest BCUT2D eigenvalue weighted by Crippen LogP contribution is -2.26. The normalized spacial score (nSPS) is 21.4. The molecule has 1 heterocycles. The van der Waals surface area contributed by atoms with E-state index in [1.807, 2.05) is 24.3 Å². The Hall–Kier alpha value is -1.48. The van der Waals surface area contributed by atoms with Gasteiger partial charge in [-0.25, -0.2) is 0 Å². The van der Waals surface area contributed by atoms with Gasteiger partial charge in [0, 0.05) is 10.9 Å². The molecule has 4 heteroatoms. The number of anilines is 1. The molecule has 1 unspecified atom stereocenters. The quantitative estimate of drug-likeness (QED) is 0.823. The number of rotatable bonds is 2. The van der Waals surface area contributed by atoms with Gasteiger partial charge in [-0.05, 0) is 36.0 Å². The minimum atomic E-state index is 0.225. The van der Waals surface area contributed by atoms with Crippen molar-refractivity contribution in [3.8, 4) is 11.1 Å². The molecule has 3 rings (SSSR count). The van der Waals surface area contributed by atoms with Gasteiger partial charge in [0.05, 0.1) is 11.3 Å². The lowest BCUT2D eigenvalue weighted by atomic mass is 9.67. The number of nitrogen functional groups attached to an aromatic ring is 1. The molecule has 21 heavy (non-hydrogen) atoms. The monoisotopic (exact) mass is 304 g/mol. The van der Waals surface area contributed by atoms with Crippen LogP contribution in [0.5, 0.6) is 0 Å². The molecule has 112 valence electrons. The molecule has 0 saturated heterocycles. The fourth-order valence-corrected chi connectivity index (χ4v) is 3.59. The molecule has 0 radical (unpaired) electrons. The summed E-state index contributed by atoms with van der Waals surface area (Å²) in [4.78, 5) is 0. The molecule has 0 bridgehead atoms. The smallest absolute Gasteiger partial charge is 0.230 e. The first-order chi connectivity index (χ1) is 9.99. The maximum Gasteiger partial charge on any atom is 0.230 e. The summed E-state index contributed by atoms with van der Waals surface area (Å²) in [6, 6.07) is 7.70. The molecule has 1 aromatic carbocycles. The third kappa shape index (κ3) is 2.67. The van der Waals surface area contributed by atoms with E-state index in [9.17, 15) is 0 Å². The molecular weight excluding hydrogens is 284 g/mol. The molecular formula is C17H21ClN2O. The summed E-state index contributed by atoms with van der Waals surface area (Å²) in [5, 5.41) is 5.02. The molecule has 1 aliphatic rings. The van der Waals surface area contributed by atoms with Crippen LogP contribution in [0.3, 0.4) is 0 Å². The van der Waals surface area contributed by atoms with Crippen molar-refractivity contribution in [1.29, 1.82) is 0 Å². The number of aromatic nitrogens is 1. The van der Waals surface area contributed by atoms with Gasteiger partial charge in [0.25, 0.3) is 0 Å². The maximum absolute atomic E-state index is 6.04. The summed E-state index contributed by atoms with van der Waals surface area (Å²) < 4.78 is 5.32. The van der Waals surface area contributed by atoms with Crippen molar-refractivity contribution in [2.75, 3.05) is 5.73 Å². The molecule has 2 N–H and O–H groups in total. The van der Waals surface area contributed by atoms with Crippen LogP contribution in [-0.2, 0) is 0 Å². The number of halogens is 1. The Balaban J connectivity index is 2.06. The topological polar surface area (TPSA) is 52.0 Å². The van der Waals surface area contributed by atoms with Crippen LogP contribution in [0.25, 0.3) is 11.1 Å². The minimum Gasteiger partial charge on any atom is -0.367 e. The average Bonchev–Trinajstić information content (AvgIpc) is 2.81. The Morgan fingerprint density at radius 1 is 1.24 bits per heavy atom. The highest BCUT2D eigenvalue weighted by Crippen LogP contribution is 2.49. The first kappa shape index (κ1) is 14.5. The fourth-order valence-electron chi connectivity index (χ4n) is 3.46. The van der Waals surface area contributed by atoms with Crippen molar-refractivity contribution < 1.29 is 4.52 Å². The zero-order valence-corrected chi connectivity index (χ0v) is 13.3. The van der Waals surface area contributed by atoms with Crippen LogP contribution in [0.1, 0.15) is 51.1 Å². The van der Waals surface area contributed by atoms with E-state index in [4.69, 9.17) is 21.9 Å². The highest BCUT2D eigenvalue weighted by molar-refractivity contribution is 6.30. The Bertz CT molecular complexity index is 631. The zero-order valence-electron chi connectivity index (χ0n) is 12.5. The number of nitrogens with zero attached hydrogens (tertiary/aromatic N) is 1. The van der Waals surface area contributed by atoms with Gasteiger partial charge in [-0.1, -0.05) is 55.6 Å². The summed E-state index contributed by atoms with van der Waals surface area (Å²) in [7, 11) is 0. The SMILES string of the molecule is CC1(C)CCCCC1c1noc(N)c1-c1ccc(Cl)cc1. The zero-order chi connectivity index (χ0) is 15.0. The highest BCUT2D eigenvalue weighted by Gasteiger charge is 2.37. The standard InChI is InChI=1S/C17H21ClN2O/c1-17(2)10-4-3-5-13(17)15-14(16(19)21-20-15)11-6-8-12(18)9-7-11/h6-9,13H,3-5,10,19H2,1-2H3. The van der Waals surface area contributed by atoms with Crippen molar-refractivity contribution in [2.24, 2.45) is 5.41 Å². The molecule has 0 amide bonds. The van der Waals surface area contributed by atoms with Crippen molar-refractivity contribution in [1.82, 2.24) is 5.16 Å². The Kier molecular flexibility index (Phi) is 3.70. The summed E-state index contributed by atoms with van der Waals surface area (Å²) in [6.07, 6.45) is 4.87. The van der Waals surface area contributed by atoms with Crippen LogP contribution in [0.4, 0.5) is 5.88 Å². The predicted octanol–water partition coefficient (Wildman–Crippen LogP) is 5.26. The van der Waals surface area contributed by atoms with Crippen LogP contribution < -0.4 is 5.73 Å². The summed E-state index contributed by atoms with van der Waals surface area (Å²) in [5.74, 6) is 0.784. The van der Waals surface area contributed by atoms with Crippen LogP contribution in [0.15, 0.2) is 28.8 Å². The van der Waals surface area contributed by atoms with Crippen molar-refractivity contribution in [3.05, 3.63) is 35.0 Å². The van der Waals surface area contributed by atoms with E-state index in [1.54, 1.807) is 0 Å². The van der Waals surface area contributed by atoms with Gasteiger partial charge >= 0.3 is 0 Å². The van der Waals surface area contributed by atoms with E-state index >= 15 is 0 Å². The third-order valence-corrected chi connectivity index (χ3v) is 4.97. The van der Waals surface area contributed by atoms with E-state index in [2.05, 4.69) is 19.0 Å². The van der Waals surface area contributed by atoms with Crippen molar-refractivity contribution in [3.63, 3.8) is 0 Å². The largest absolute Gasteiger partial charge is 0.367 e. The van der Waals surface area contributed by atoms with Crippen LogP contribution in [-0.4, -0.2) is 5.16 Å². The molecule has 3 nitrogen and oxygen atoms in total. The van der Waals surface area contributed by atoms with Crippen LogP contribution >= 0.6 is 11.6 Å². The van der Waals surface area contributed by atoms with Gasteiger partial charge in [0.2, 0.25) is 5.88 Å². The summed E-state index contributed by atoms with van der Waals surface area (Å²) in [5.41, 5.74) is 9.23. The first-order valence-corrected chi connectivity index (χ1v) is 7.88. The highest BCUT2D eigenvalue weighted by atomic mass is 35.5. The van der Waals surface area contributed by atoms with Crippen molar-refractivity contribution >= 4 is 17.5 Å². The Morgan fingerprint density at radius 2 is 1.95 bits per heavy atom. The third-order valence-electron chi connectivity index (χ3n) is 4.72. The maximum atomic E-state index is 6.04. The van der Waals surface area contributed by atoms with Gasteiger partial charge in [-0.3, -0.25) is 0 Å². The van der Waals surface area contributed by atoms with Gasteiger partial charge < -0.3 is 10.3 Å². The first-order valence-electron chi connectivity index (χ1n) is 7.50. The predicted molar refractivity (Wildman–Crippen MR) is 86.4 cm³/mol. The average molecular weight is 305 g/mol. The van der Waals surface area contributed by atoms with Gasteiger partial charge in [-0.15, -0.1) is 0 Å². The molecule has 1 saturated carbocycles. The lowest BCUT2D eigenvalue weighted by Gasteiger charge is -2.37. The molecule has 1 fully saturated rings. The summed E-state index contributed by atoms with van der Waals surface area (Å²) >= 11 is 5.98. The van der Waals surface area contributed by atoms with Gasteiger partial charge in [-0.2, -0.15) is 0 Å². The minimum absolute atomic E-state index is 0.225. The summed E-state index contributed by atoms with van der Waals surface area (Å²) in [6.45, 7) is 4.63. The van der Waals surface area contributed by atoms with E-state index in [1.165, 1.54) is 19.3 Å². The van der Waals surface area contributed by atoms with Gasteiger partial charge in [0.1, 0.15) is 0 Å². The Morgan fingerprint density at radius 3 is 2.62 bits per heavy atom. The second kappa shape index (κ2) is 5.38. The molecule has 0 aliphatic heterocycles. The van der Waals surface area contributed by atoms with Crippen LogP contribution in [0.2, 0.25) is 5.02 Å². The number of hydrogen-bond donors (Lipinski definition) is 1.